The Hall–Kier alpha value is -1.79. The van der Waals surface area contributed by atoms with Crippen LogP contribution in [0.3, 0.4) is 0 Å². The fraction of sp³-hybridized carbons (Fsp3) is 0.727. The number of primary amides is 1. The maximum atomic E-state index is 11.5. The van der Waals surface area contributed by atoms with Crippen LogP contribution in [-0.2, 0) is 9.59 Å². The number of urea groups is 1. The largest absolute Gasteiger partial charge is 0.481 e. The molecule has 0 saturated carbocycles. The van der Waals surface area contributed by atoms with Crippen molar-refractivity contribution in [1.82, 2.24) is 10.2 Å². The lowest BCUT2D eigenvalue weighted by atomic mass is 9.97. The monoisotopic (exact) mass is 257 g/mol. The van der Waals surface area contributed by atoms with Gasteiger partial charge >= 0.3 is 12.0 Å². The molecule has 7 nitrogen and oxygen atoms in total. The Kier molecular flexibility index (Phi) is 5.41. The van der Waals surface area contributed by atoms with E-state index in [0.717, 1.165) is 0 Å². The van der Waals surface area contributed by atoms with Gasteiger partial charge in [-0.1, -0.05) is 0 Å². The SMILES string of the molecule is NC(=O)CCCCNC(=O)N1CC(CC(=O)O)C1. The third-order valence-electron chi connectivity index (χ3n) is 2.83. The zero-order valence-electron chi connectivity index (χ0n) is 10.2. The normalized spacial score (nSPS) is 15.0. The molecule has 0 aromatic rings. The van der Waals surface area contributed by atoms with Gasteiger partial charge in [0.05, 0.1) is 6.42 Å². The molecular formula is C11H19N3O4. The van der Waals surface area contributed by atoms with Crippen molar-refractivity contribution >= 4 is 17.9 Å². The van der Waals surface area contributed by atoms with E-state index in [2.05, 4.69) is 5.32 Å². The molecule has 3 amide bonds. The number of nitrogens with zero attached hydrogens (tertiary/aromatic N) is 1. The van der Waals surface area contributed by atoms with Gasteiger partial charge in [0.25, 0.3) is 0 Å². The van der Waals surface area contributed by atoms with E-state index < -0.39 is 5.97 Å². The number of carbonyl (C=O) groups is 3. The summed E-state index contributed by atoms with van der Waals surface area (Å²) in [6.07, 6.45) is 1.82. The summed E-state index contributed by atoms with van der Waals surface area (Å²) in [5.41, 5.74) is 4.99. The first-order valence-electron chi connectivity index (χ1n) is 6.02. The van der Waals surface area contributed by atoms with Gasteiger partial charge in [-0.3, -0.25) is 9.59 Å². The fourth-order valence-electron chi connectivity index (χ4n) is 1.84. The molecule has 1 fully saturated rings. The van der Waals surface area contributed by atoms with Crippen molar-refractivity contribution in [2.24, 2.45) is 11.7 Å². The minimum Gasteiger partial charge on any atom is -0.481 e. The third kappa shape index (κ3) is 5.03. The molecular weight excluding hydrogens is 238 g/mol. The van der Waals surface area contributed by atoms with E-state index in [-0.39, 0.29) is 24.3 Å². The molecule has 7 heteroatoms. The van der Waals surface area contributed by atoms with Crippen molar-refractivity contribution in [2.45, 2.75) is 25.7 Å². The molecule has 0 radical (unpaired) electrons. The molecule has 0 spiro atoms. The van der Waals surface area contributed by atoms with Gasteiger partial charge < -0.3 is 21.1 Å². The van der Waals surface area contributed by atoms with Crippen LogP contribution < -0.4 is 11.1 Å². The highest BCUT2D eigenvalue weighted by Crippen LogP contribution is 2.18. The minimum atomic E-state index is -0.827. The van der Waals surface area contributed by atoms with Crippen molar-refractivity contribution in [2.75, 3.05) is 19.6 Å². The number of rotatable bonds is 7. The smallest absolute Gasteiger partial charge is 0.317 e. The lowest BCUT2D eigenvalue weighted by Crippen LogP contribution is -2.54. The lowest BCUT2D eigenvalue weighted by Gasteiger charge is -2.38. The number of nitrogens with two attached hydrogens (primary N) is 1. The first kappa shape index (κ1) is 14.3. The number of carboxylic acids is 1. The first-order chi connectivity index (χ1) is 8.49. The maximum absolute atomic E-state index is 11.5. The van der Waals surface area contributed by atoms with E-state index in [1.54, 1.807) is 4.90 Å². The standard InChI is InChI=1S/C11H19N3O4/c12-9(15)3-1-2-4-13-11(18)14-6-8(7-14)5-10(16)17/h8H,1-7H2,(H2,12,15)(H,13,18)(H,16,17). The highest BCUT2D eigenvalue weighted by molar-refractivity contribution is 5.75. The fourth-order valence-corrected chi connectivity index (χ4v) is 1.84. The molecule has 0 atom stereocenters. The summed E-state index contributed by atoms with van der Waals surface area (Å²) >= 11 is 0. The van der Waals surface area contributed by atoms with E-state index in [9.17, 15) is 14.4 Å². The van der Waals surface area contributed by atoms with Crippen LogP contribution in [0.5, 0.6) is 0 Å². The number of hydrogen-bond donors (Lipinski definition) is 3. The first-order valence-corrected chi connectivity index (χ1v) is 6.02. The van der Waals surface area contributed by atoms with E-state index in [0.29, 0.717) is 38.9 Å². The average Bonchev–Trinajstić information content (AvgIpc) is 2.21. The summed E-state index contributed by atoms with van der Waals surface area (Å²) in [6, 6.07) is -0.171. The van der Waals surface area contributed by atoms with Crippen LogP contribution in [0.4, 0.5) is 4.79 Å². The third-order valence-corrected chi connectivity index (χ3v) is 2.83. The highest BCUT2D eigenvalue weighted by Gasteiger charge is 2.31. The van der Waals surface area contributed by atoms with Gasteiger partial charge in [0.15, 0.2) is 0 Å². The van der Waals surface area contributed by atoms with Crippen molar-refractivity contribution < 1.29 is 19.5 Å². The van der Waals surface area contributed by atoms with E-state index >= 15 is 0 Å². The molecule has 0 aromatic carbocycles. The van der Waals surface area contributed by atoms with Crippen molar-refractivity contribution in [3.8, 4) is 0 Å². The Balaban J connectivity index is 2.02. The summed E-state index contributed by atoms with van der Waals surface area (Å²) in [5, 5.41) is 11.3. The van der Waals surface area contributed by atoms with Gasteiger partial charge in [0, 0.05) is 32.0 Å². The highest BCUT2D eigenvalue weighted by atomic mass is 16.4. The zero-order valence-corrected chi connectivity index (χ0v) is 10.2. The van der Waals surface area contributed by atoms with Crippen LogP contribution in [0.2, 0.25) is 0 Å². The number of carboxylic acid groups (broad SMARTS) is 1. The number of likely N-dealkylation sites (tertiary alicyclic amines) is 1. The quantitative estimate of drug-likeness (QED) is 0.546. The lowest BCUT2D eigenvalue weighted by molar-refractivity contribution is -0.139. The second-order valence-corrected chi connectivity index (χ2v) is 4.52. The number of aliphatic carboxylic acids is 1. The Bertz CT molecular complexity index is 326. The van der Waals surface area contributed by atoms with Crippen LogP contribution in [0, 0.1) is 5.92 Å². The molecule has 0 bridgehead atoms. The summed E-state index contributed by atoms with van der Waals surface area (Å²) in [6.45, 7) is 1.51. The zero-order chi connectivity index (χ0) is 13.5. The van der Waals surface area contributed by atoms with Crippen molar-refractivity contribution in [3.05, 3.63) is 0 Å². The predicted molar refractivity (Wildman–Crippen MR) is 63.8 cm³/mol. The Morgan fingerprint density at radius 3 is 2.50 bits per heavy atom. The molecule has 1 rings (SSSR count). The molecule has 1 heterocycles. The van der Waals surface area contributed by atoms with Crippen molar-refractivity contribution in [1.29, 1.82) is 0 Å². The second kappa shape index (κ2) is 6.83. The van der Waals surface area contributed by atoms with Gasteiger partial charge in [0.1, 0.15) is 0 Å². The van der Waals surface area contributed by atoms with Crippen molar-refractivity contribution in [3.63, 3.8) is 0 Å². The topological polar surface area (TPSA) is 113 Å². The number of amides is 3. The van der Waals surface area contributed by atoms with Crippen LogP contribution in [0.15, 0.2) is 0 Å². The maximum Gasteiger partial charge on any atom is 0.317 e. The van der Waals surface area contributed by atoms with E-state index in [1.165, 1.54) is 0 Å². The molecule has 18 heavy (non-hydrogen) atoms. The molecule has 1 saturated heterocycles. The molecule has 0 aliphatic carbocycles. The number of unbranched alkanes of at least 4 members (excludes halogenated alkanes) is 1. The summed E-state index contributed by atoms with van der Waals surface area (Å²) in [4.78, 5) is 34.0. The summed E-state index contributed by atoms with van der Waals surface area (Å²) in [7, 11) is 0. The molecule has 4 N–H and O–H groups in total. The van der Waals surface area contributed by atoms with E-state index in [1.807, 2.05) is 0 Å². The Labute approximate surface area is 105 Å². The van der Waals surface area contributed by atoms with Crippen LogP contribution in [-0.4, -0.2) is 47.5 Å². The Morgan fingerprint density at radius 1 is 1.28 bits per heavy atom. The van der Waals surface area contributed by atoms with Gasteiger partial charge in [-0.15, -0.1) is 0 Å². The predicted octanol–water partition coefficient (Wildman–Crippen LogP) is -0.242. The average molecular weight is 257 g/mol. The van der Waals surface area contributed by atoms with Gasteiger partial charge in [-0.2, -0.15) is 0 Å². The van der Waals surface area contributed by atoms with Crippen LogP contribution in [0.25, 0.3) is 0 Å². The number of hydrogen-bond acceptors (Lipinski definition) is 3. The molecule has 0 unspecified atom stereocenters. The van der Waals surface area contributed by atoms with E-state index in [4.69, 9.17) is 10.8 Å². The minimum absolute atomic E-state index is 0.0723. The summed E-state index contributed by atoms with van der Waals surface area (Å²) in [5.74, 6) is -1.09. The van der Waals surface area contributed by atoms with Gasteiger partial charge in [0.2, 0.25) is 5.91 Å². The molecule has 1 aliphatic heterocycles. The van der Waals surface area contributed by atoms with Crippen LogP contribution in [0.1, 0.15) is 25.7 Å². The van der Waals surface area contributed by atoms with Crippen LogP contribution >= 0.6 is 0 Å². The molecule has 1 aliphatic rings. The number of carbonyl (C=O) groups excluding carboxylic acids is 2. The Morgan fingerprint density at radius 2 is 1.94 bits per heavy atom. The summed E-state index contributed by atoms with van der Waals surface area (Å²) < 4.78 is 0. The molecule has 102 valence electrons. The second-order valence-electron chi connectivity index (χ2n) is 4.52. The number of nitrogens with one attached hydrogen (secondary N) is 1. The van der Waals surface area contributed by atoms with Gasteiger partial charge in [-0.05, 0) is 12.8 Å². The molecule has 0 aromatic heterocycles. The van der Waals surface area contributed by atoms with Gasteiger partial charge in [-0.25, -0.2) is 4.79 Å².